The number of Topliss-reactive ketones (excluding diaryl/α,β-unsaturated/α-hetero) is 2. The highest BCUT2D eigenvalue weighted by atomic mass is 16.6. The number of carbonyl (C=O) groups excluding carboxylic acids is 4. The van der Waals surface area contributed by atoms with Crippen molar-refractivity contribution in [1.29, 1.82) is 0 Å². The van der Waals surface area contributed by atoms with Crippen molar-refractivity contribution in [2.45, 2.75) is 31.4 Å². The number of aryl methyl sites for hydroxylation is 1. The highest BCUT2D eigenvalue weighted by molar-refractivity contribution is 6.24. The molecule has 0 unspecified atom stereocenters. The van der Waals surface area contributed by atoms with E-state index in [1.807, 2.05) is 6.92 Å². The number of phenols is 1. The SMILES string of the molecule is Cc1ccc(OC(=O)Nc2ccc(O)c3c2C[C@H]2C[C@H]4[C@@H](N(C)C)C(=O)C(C(N)=O)=C(O)[C@]4(O)C(=O)C2=C3O)cc1. The summed E-state index contributed by atoms with van der Waals surface area (Å²) < 4.78 is 5.33. The maximum absolute atomic E-state index is 13.9. The minimum Gasteiger partial charge on any atom is -0.508 e. The summed E-state index contributed by atoms with van der Waals surface area (Å²) in [7, 11) is 3.04. The molecule has 0 saturated heterocycles. The number of carbonyl (C=O) groups is 4. The molecule has 0 aromatic heterocycles. The number of rotatable bonds is 4. The van der Waals surface area contributed by atoms with Gasteiger partial charge in [-0.1, -0.05) is 17.7 Å². The third-order valence-corrected chi connectivity index (χ3v) is 8.07. The maximum atomic E-state index is 13.9. The van der Waals surface area contributed by atoms with Gasteiger partial charge in [0.1, 0.15) is 28.6 Å². The molecule has 2 amide bonds. The molecule has 1 saturated carbocycles. The number of hydrogen-bond donors (Lipinski definition) is 6. The van der Waals surface area contributed by atoms with Gasteiger partial charge in [0.2, 0.25) is 5.78 Å². The average molecular weight is 564 g/mol. The number of ether oxygens (including phenoxy) is 1. The Bertz CT molecular complexity index is 1570. The lowest BCUT2D eigenvalue weighted by atomic mass is 9.57. The highest BCUT2D eigenvalue weighted by Crippen LogP contribution is 2.53. The molecule has 0 aliphatic heterocycles. The fourth-order valence-electron chi connectivity index (χ4n) is 6.21. The van der Waals surface area contributed by atoms with E-state index >= 15 is 0 Å². The number of nitrogens with zero attached hydrogens (tertiary/aromatic N) is 1. The molecular formula is C29H29N3O9. The van der Waals surface area contributed by atoms with Crippen LogP contribution in [0.4, 0.5) is 10.5 Å². The molecule has 41 heavy (non-hydrogen) atoms. The van der Waals surface area contributed by atoms with E-state index in [9.17, 15) is 39.6 Å². The summed E-state index contributed by atoms with van der Waals surface area (Å²) in [6.45, 7) is 1.88. The highest BCUT2D eigenvalue weighted by Gasteiger charge is 2.64. The summed E-state index contributed by atoms with van der Waals surface area (Å²) in [5.41, 5.74) is 2.78. The van der Waals surface area contributed by atoms with E-state index in [1.165, 1.54) is 31.1 Å². The summed E-state index contributed by atoms with van der Waals surface area (Å²) in [4.78, 5) is 53.3. The van der Waals surface area contributed by atoms with Crippen molar-refractivity contribution in [2.75, 3.05) is 19.4 Å². The first-order chi connectivity index (χ1) is 19.3. The van der Waals surface area contributed by atoms with Gasteiger partial charge in [0.25, 0.3) is 5.91 Å². The van der Waals surface area contributed by atoms with Crippen LogP contribution in [0.1, 0.15) is 23.1 Å². The van der Waals surface area contributed by atoms with E-state index in [1.54, 1.807) is 24.3 Å². The first-order valence-corrected chi connectivity index (χ1v) is 12.8. The van der Waals surface area contributed by atoms with Crippen LogP contribution >= 0.6 is 0 Å². The number of nitrogens with two attached hydrogens (primary N) is 1. The molecular weight excluding hydrogens is 534 g/mol. The average Bonchev–Trinajstić information content (AvgIpc) is 2.89. The van der Waals surface area contributed by atoms with Gasteiger partial charge >= 0.3 is 6.09 Å². The minimum atomic E-state index is -2.73. The van der Waals surface area contributed by atoms with E-state index in [0.29, 0.717) is 11.3 Å². The summed E-state index contributed by atoms with van der Waals surface area (Å²) in [5.74, 6) is -7.17. The van der Waals surface area contributed by atoms with Gasteiger partial charge in [0.05, 0.1) is 11.6 Å². The van der Waals surface area contributed by atoms with Crippen molar-refractivity contribution in [1.82, 2.24) is 4.90 Å². The molecule has 2 aromatic carbocycles. The van der Waals surface area contributed by atoms with Gasteiger partial charge < -0.3 is 30.9 Å². The second-order valence-corrected chi connectivity index (χ2v) is 10.8. The molecule has 3 aliphatic carbocycles. The van der Waals surface area contributed by atoms with Crippen LogP contribution in [0.25, 0.3) is 5.76 Å². The van der Waals surface area contributed by atoms with Crippen LogP contribution in [-0.4, -0.2) is 74.6 Å². The van der Waals surface area contributed by atoms with Crippen LogP contribution < -0.4 is 15.8 Å². The van der Waals surface area contributed by atoms with Crippen molar-refractivity contribution in [3.05, 3.63) is 70.0 Å². The van der Waals surface area contributed by atoms with Crippen molar-refractivity contribution in [2.24, 2.45) is 17.6 Å². The minimum absolute atomic E-state index is 0.0169. The van der Waals surface area contributed by atoms with Crippen LogP contribution in [0.3, 0.4) is 0 Å². The zero-order valence-corrected chi connectivity index (χ0v) is 22.5. The maximum Gasteiger partial charge on any atom is 0.417 e. The standard InChI is InChI=1S/C29H29N3O9/c1-12-4-6-14(7-5-12)41-28(39)31-17-8-9-18(33)20-15(17)10-13-11-16-22(32(2)3)24(35)21(27(30)38)26(37)29(16,40)25(36)19(13)23(20)34/h4-9,13,16,22,33-34,37,40H,10-11H2,1-3H3,(H2,30,38)(H,31,39)/t13-,16-,22+,29+/m0/s1. The predicted octanol–water partition coefficient (Wildman–Crippen LogP) is 1.88. The summed E-state index contributed by atoms with van der Waals surface area (Å²) in [6.07, 6.45) is -0.887. The predicted molar refractivity (Wildman–Crippen MR) is 145 cm³/mol. The Kier molecular flexibility index (Phi) is 6.63. The van der Waals surface area contributed by atoms with E-state index in [2.05, 4.69) is 5.32 Å². The number of aliphatic hydroxyl groups excluding tert-OH is 2. The third kappa shape index (κ3) is 4.23. The van der Waals surface area contributed by atoms with E-state index in [0.717, 1.165) is 5.56 Å². The number of ketones is 2. The Labute approximate surface area is 234 Å². The molecule has 4 atom stereocenters. The number of primary amides is 1. The second-order valence-electron chi connectivity index (χ2n) is 10.8. The lowest BCUT2D eigenvalue weighted by molar-refractivity contribution is -0.153. The molecule has 1 fully saturated rings. The first-order valence-electron chi connectivity index (χ1n) is 12.8. The lowest BCUT2D eigenvalue weighted by Crippen LogP contribution is -2.65. The molecule has 2 aromatic rings. The number of aromatic hydroxyl groups is 1. The Balaban J connectivity index is 1.58. The van der Waals surface area contributed by atoms with Crippen LogP contribution in [0.5, 0.6) is 11.5 Å². The number of likely N-dealkylation sites (N-methyl/N-ethyl adjacent to an activating group) is 1. The molecule has 214 valence electrons. The Morgan fingerprint density at radius 3 is 2.34 bits per heavy atom. The smallest absolute Gasteiger partial charge is 0.417 e. The topological polar surface area (TPSA) is 200 Å². The van der Waals surface area contributed by atoms with Crippen LogP contribution in [-0.2, 0) is 20.8 Å². The number of anilines is 1. The van der Waals surface area contributed by atoms with Crippen molar-refractivity contribution < 1.29 is 44.3 Å². The van der Waals surface area contributed by atoms with E-state index in [4.69, 9.17) is 10.5 Å². The van der Waals surface area contributed by atoms with E-state index < -0.39 is 69.9 Å². The molecule has 0 heterocycles. The number of aliphatic hydroxyl groups is 3. The molecule has 0 radical (unpaired) electrons. The number of phenolic OH excluding ortho intramolecular Hbond substituents is 1. The molecule has 12 heteroatoms. The normalized spacial score (nSPS) is 25.4. The van der Waals surface area contributed by atoms with Crippen LogP contribution in [0, 0.1) is 18.8 Å². The molecule has 0 spiro atoms. The summed E-state index contributed by atoms with van der Waals surface area (Å²) in [5, 5.41) is 47.1. The molecule has 12 nitrogen and oxygen atoms in total. The summed E-state index contributed by atoms with van der Waals surface area (Å²) >= 11 is 0. The van der Waals surface area contributed by atoms with Gasteiger partial charge in [0, 0.05) is 17.2 Å². The monoisotopic (exact) mass is 563 g/mol. The van der Waals surface area contributed by atoms with Gasteiger partial charge in [-0.2, -0.15) is 0 Å². The van der Waals surface area contributed by atoms with Crippen LogP contribution in [0.2, 0.25) is 0 Å². The van der Waals surface area contributed by atoms with Gasteiger partial charge in [-0.3, -0.25) is 24.6 Å². The fourth-order valence-corrected chi connectivity index (χ4v) is 6.21. The number of benzene rings is 2. The second kappa shape index (κ2) is 9.75. The van der Waals surface area contributed by atoms with Crippen LogP contribution in [0.15, 0.2) is 53.3 Å². The Morgan fingerprint density at radius 2 is 1.73 bits per heavy atom. The van der Waals surface area contributed by atoms with Gasteiger partial charge in [0.15, 0.2) is 11.4 Å². The van der Waals surface area contributed by atoms with Gasteiger partial charge in [-0.05, 0) is 69.6 Å². The zero-order valence-electron chi connectivity index (χ0n) is 22.5. The molecule has 0 bridgehead atoms. The largest absolute Gasteiger partial charge is 0.508 e. The zero-order chi connectivity index (χ0) is 30.0. The molecule has 3 aliphatic rings. The summed E-state index contributed by atoms with van der Waals surface area (Å²) in [6, 6.07) is 8.23. The van der Waals surface area contributed by atoms with Crippen molar-refractivity contribution >= 4 is 35.0 Å². The lowest BCUT2D eigenvalue weighted by Gasteiger charge is -2.50. The number of amides is 2. The third-order valence-electron chi connectivity index (χ3n) is 8.07. The van der Waals surface area contributed by atoms with Crippen molar-refractivity contribution in [3.8, 4) is 11.5 Å². The number of fused-ring (bicyclic) bond motifs is 3. The van der Waals surface area contributed by atoms with Crippen molar-refractivity contribution in [3.63, 3.8) is 0 Å². The Hall–Kier alpha value is -4.68. The first kappa shape index (κ1) is 27.9. The number of hydrogen-bond acceptors (Lipinski definition) is 10. The Morgan fingerprint density at radius 1 is 1.07 bits per heavy atom. The number of nitrogens with one attached hydrogen (secondary N) is 1. The fraction of sp³-hybridized carbons (Fsp3) is 0.310. The quantitative estimate of drug-likeness (QED) is 0.236. The van der Waals surface area contributed by atoms with Gasteiger partial charge in [-0.25, -0.2) is 4.79 Å². The van der Waals surface area contributed by atoms with E-state index in [-0.39, 0.29) is 29.7 Å². The van der Waals surface area contributed by atoms with Gasteiger partial charge in [-0.15, -0.1) is 0 Å². The molecule has 5 rings (SSSR count). The molecule has 7 N–H and O–H groups in total.